The highest BCUT2D eigenvalue weighted by molar-refractivity contribution is 6.30. The largest absolute Gasteiger partial charge is 0.342 e. The first-order chi connectivity index (χ1) is 16.0. The van der Waals surface area contributed by atoms with Gasteiger partial charge in [0.1, 0.15) is 12.4 Å². The van der Waals surface area contributed by atoms with E-state index in [1.807, 2.05) is 73.0 Å². The maximum Gasteiger partial charge on any atom is 0.251 e. The van der Waals surface area contributed by atoms with Crippen molar-refractivity contribution in [1.82, 2.24) is 14.9 Å². The van der Waals surface area contributed by atoms with Gasteiger partial charge in [-0.25, -0.2) is 4.98 Å². The number of benzene rings is 3. The summed E-state index contributed by atoms with van der Waals surface area (Å²) in [5.41, 5.74) is 2.92. The predicted molar refractivity (Wildman–Crippen MR) is 132 cm³/mol. The molecule has 0 radical (unpaired) electrons. The van der Waals surface area contributed by atoms with Crippen LogP contribution in [0.25, 0.3) is 11.0 Å². The second-order valence-electron chi connectivity index (χ2n) is 7.72. The van der Waals surface area contributed by atoms with Crippen molar-refractivity contribution in [2.75, 3.05) is 11.4 Å². The van der Waals surface area contributed by atoms with Gasteiger partial charge in [-0.3, -0.25) is 9.59 Å². The second kappa shape index (κ2) is 9.88. The zero-order valence-electron chi connectivity index (χ0n) is 18.5. The van der Waals surface area contributed by atoms with Crippen molar-refractivity contribution in [3.05, 3.63) is 95.3 Å². The van der Waals surface area contributed by atoms with Gasteiger partial charge in [-0.1, -0.05) is 48.0 Å². The van der Waals surface area contributed by atoms with Crippen LogP contribution in [0.15, 0.2) is 78.9 Å². The van der Waals surface area contributed by atoms with Gasteiger partial charge >= 0.3 is 0 Å². The molecule has 0 saturated heterocycles. The molecule has 0 aliphatic heterocycles. The number of rotatable bonds is 7. The molecule has 1 heterocycles. The Hall–Kier alpha value is -3.64. The molecule has 0 aliphatic carbocycles. The first-order valence-electron chi connectivity index (χ1n) is 10.8. The summed E-state index contributed by atoms with van der Waals surface area (Å²) in [5, 5.41) is 3.48. The van der Waals surface area contributed by atoms with E-state index in [2.05, 4.69) is 5.32 Å². The molecule has 0 bridgehead atoms. The monoisotopic (exact) mass is 460 g/mol. The van der Waals surface area contributed by atoms with Gasteiger partial charge < -0.3 is 14.8 Å². The molecule has 1 atom stereocenters. The van der Waals surface area contributed by atoms with Crippen molar-refractivity contribution in [2.45, 2.75) is 26.4 Å². The number of halogens is 1. The minimum atomic E-state index is -0.427. The number of nitrogens with one attached hydrogen (secondary N) is 1. The maximum absolute atomic E-state index is 13.3. The van der Waals surface area contributed by atoms with Gasteiger partial charge in [0.05, 0.1) is 17.1 Å². The van der Waals surface area contributed by atoms with Crippen LogP contribution in [-0.2, 0) is 11.3 Å². The van der Waals surface area contributed by atoms with Crippen molar-refractivity contribution in [3.8, 4) is 0 Å². The summed E-state index contributed by atoms with van der Waals surface area (Å²) >= 11 is 6.03. The van der Waals surface area contributed by atoms with Gasteiger partial charge in [0, 0.05) is 22.8 Å². The fourth-order valence-electron chi connectivity index (χ4n) is 3.90. The van der Waals surface area contributed by atoms with E-state index < -0.39 is 6.04 Å². The number of hydrogen-bond acceptors (Lipinski definition) is 3. The molecule has 0 saturated carbocycles. The molecular formula is C26H25ClN4O2. The lowest BCUT2D eigenvalue weighted by Crippen LogP contribution is -2.35. The number of hydrogen-bond donors (Lipinski definition) is 1. The number of nitrogens with zero attached hydrogens (tertiary/aromatic N) is 3. The summed E-state index contributed by atoms with van der Waals surface area (Å²) < 4.78 is 1.88. The third-order valence-electron chi connectivity index (χ3n) is 5.48. The van der Waals surface area contributed by atoms with Crippen molar-refractivity contribution in [2.24, 2.45) is 0 Å². The average Bonchev–Trinajstić information content (AvgIpc) is 3.19. The molecule has 6 nitrogen and oxygen atoms in total. The molecule has 4 rings (SSSR count). The highest BCUT2D eigenvalue weighted by Crippen LogP contribution is 2.23. The summed E-state index contributed by atoms with van der Waals surface area (Å²) in [6.07, 6.45) is 0. The van der Waals surface area contributed by atoms with Crippen molar-refractivity contribution in [1.29, 1.82) is 0 Å². The van der Waals surface area contributed by atoms with Crippen molar-refractivity contribution >= 4 is 40.1 Å². The smallest absolute Gasteiger partial charge is 0.251 e. The van der Waals surface area contributed by atoms with Gasteiger partial charge in [0.15, 0.2) is 0 Å². The Morgan fingerprint density at radius 2 is 1.76 bits per heavy atom. The van der Waals surface area contributed by atoms with Crippen molar-refractivity contribution in [3.63, 3.8) is 0 Å². The third-order valence-corrected chi connectivity index (χ3v) is 5.72. The summed E-state index contributed by atoms with van der Waals surface area (Å²) in [6.45, 7) is 4.47. The summed E-state index contributed by atoms with van der Waals surface area (Å²) in [4.78, 5) is 32.6. The lowest BCUT2D eigenvalue weighted by Gasteiger charge is -2.23. The van der Waals surface area contributed by atoms with Crippen LogP contribution in [0.3, 0.4) is 0 Å². The zero-order chi connectivity index (χ0) is 23.4. The first-order valence-corrected chi connectivity index (χ1v) is 11.2. The zero-order valence-corrected chi connectivity index (χ0v) is 19.3. The van der Waals surface area contributed by atoms with Crippen LogP contribution >= 0.6 is 11.6 Å². The molecule has 0 fully saturated rings. The van der Waals surface area contributed by atoms with Crippen LogP contribution < -0.4 is 10.2 Å². The Bertz CT molecular complexity index is 1290. The normalized spacial score (nSPS) is 11.8. The Morgan fingerprint density at radius 3 is 2.48 bits per heavy atom. The highest BCUT2D eigenvalue weighted by atomic mass is 35.5. The first kappa shape index (κ1) is 22.6. The minimum Gasteiger partial charge on any atom is -0.342 e. The molecular weight excluding hydrogens is 436 g/mol. The molecule has 0 aliphatic rings. The van der Waals surface area contributed by atoms with E-state index in [0.717, 1.165) is 16.7 Å². The number of carbonyl (C=O) groups is 2. The molecule has 1 unspecified atom stereocenters. The molecule has 0 spiro atoms. The molecule has 1 aromatic heterocycles. The number of likely N-dealkylation sites (N-methyl/N-ethyl adjacent to an activating group) is 1. The van der Waals surface area contributed by atoms with Crippen LogP contribution in [0.1, 0.15) is 36.1 Å². The topological polar surface area (TPSA) is 67.2 Å². The Balaban J connectivity index is 1.64. The van der Waals surface area contributed by atoms with Crippen molar-refractivity contribution < 1.29 is 9.59 Å². The van der Waals surface area contributed by atoms with E-state index in [1.165, 1.54) is 0 Å². The Kier molecular flexibility index (Phi) is 6.75. The highest BCUT2D eigenvalue weighted by Gasteiger charge is 2.22. The number of para-hydroxylation sites is 3. The number of fused-ring (bicyclic) bond motifs is 1. The number of carbonyl (C=O) groups excluding carboxylic acids is 2. The maximum atomic E-state index is 13.3. The van der Waals surface area contributed by atoms with Gasteiger partial charge in [-0.2, -0.15) is 0 Å². The molecule has 3 aromatic carbocycles. The van der Waals surface area contributed by atoms with E-state index in [0.29, 0.717) is 23.0 Å². The molecule has 7 heteroatoms. The van der Waals surface area contributed by atoms with Crippen LogP contribution in [0.5, 0.6) is 0 Å². The van der Waals surface area contributed by atoms with Crippen LogP contribution in [-0.4, -0.2) is 27.9 Å². The van der Waals surface area contributed by atoms with E-state index in [1.54, 1.807) is 29.2 Å². The lowest BCUT2D eigenvalue weighted by atomic mass is 10.2. The summed E-state index contributed by atoms with van der Waals surface area (Å²) in [5.74, 6) is 0.305. The second-order valence-corrected chi connectivity index (χ2v) is 8.16. The fraction of sp³-hybridized carbons (Fsp3) is 0.192. The number of anilines is 1. The molecule has 4 aromatic rings. The van der Waals surface area contributed by atoms with E-state index >= 15 is 0 Å². The SMILES string of the molecule is CCN(C(=O)Cn1c(C(C)NC(=O)c2cccc(Cl)c2)nc2ccccc21)c1ccccc1. The van der Waals surface area contributed by atoms with Crippen LogP contribution in [0, 0.1) is 0 Å². The van der Waals surface area contributed by atoms with E-state index in [9.17, 15) is 9.59 Å². The van der Waals surface area contributed by atoms with Gasteiger partial charge in [-0.05, 0) is 56.3 Å². The quantitative estimate of drug-likeness (QED) is 0.410. The average molecular weight is 461 g/mol. The number of amides is 2. The van der Waals surface area contributed by atoms with Crippen LogP contribution in [0.2, 0.25) is 5.02 Å². The summed E-state index contributed by atoms with van der Waals surface area (Å²) in [6, 6.07) is 23.6. The Labute approximate surface area is 197 Å². The number of imidazole rings is 1. The summed E-state index contributed by atoms with van der Waals surface area (Å²) in [7, 11) is 0. The van der Waals surface area contributed by atoms with E-state index in [4.69, 9.17) is 16.6 Å². The predicted octanol–water partition coefficient (Wildman–Crippen LogP) is 5.23. The Morgan fingerprint density at radius 1 is 1.03 bits per heavy atom. The molecule has 168 valence electrons. The third kappa shape index (κ3) is 4.91. The lowest BCUT2D eigenvalue weighted by molar-refractivity contribution is -0.119. The molecule has 33 heavy (non-hydrogen) atoms. The fourth-order valence-corrected chi connectivity index (χ4v) is 4.09. The molecule has 2 amide bonds. The standard InChI is InChI=1S/C26H25ClN4O2/c1-3-30(21-12-5-4-6-13-21)24(32)17-31-23-15-8-7-14-22(23)29-25(31)18(2)28-26(33)19-10-9-11-20(27)16-19/h4-16,18H,3,17H2,1-2H3,(H,28,33). The van der Waals surface area contributed by atoms with Gasteiger partial charge in [0.2, 0.25) is 5.91 Å². The van der Waals surface area contributed by atoms with Gasteiger partial charge in [0.25, 0.3) is 5.91 Å². The number of aromatic nitrogens is 2. The van der Waals surface area contributed by atoms with E-state index in [-0.39, 0.29) is 18.4 Å². The van der Waals surface area contributed by atoms with Crippen LogP contribution in [0.4, 0.5) is 5.69 Å². The van der Waals surface area contributed by atoms with Gasteiger partial charge in [-0.15, -0.1) is 0 Å². The minimum absolute atomic E-state index is 0.0542. The molecule has 1 N–H and O–H groups in total.